The van der Waals surface area contributed by atoms with Gasteiger partial charge in [-0.05, 0) is 30.3 Å². The Morgan fingerprint density at radius 3 is 2.59 bits per heavy atom. The summed E-state index contributed by atoms with van der Waals surface area (Å²) in [6.07, 6.45) is 0. The van der Waals surface area contributed by atoms with Crippen molar-refractivity contribution in [2.45, 2.75) is 0 Å². The van der Waals surface area contributed by atoms with Gasteiger partial charge in [-0.1, -0.05) is 23.7 Å². The van der Waals surface area contributed by atoms with Crippen LogP contribution < -0.4 is 11.1 Å². The molecular formula is C13H10ClN3. The van der Waals surface area contributed by atoms with E-state index in [-0.39, 0.29) is 0 Å². The van der Waals surface area contributed by atoms with Crippen molar-refractivity contribution in [3.63, 3.8) is 0 Å². The molecule has 0 saturated carbocycles. The Morgan fingerprint density at radius 2 is 1.88 bits per heavy atom. The molecule has 0 aromatic heterocycles. The molecule has 0 aliphatic rings. The molecular weight excluding hydrogens is 234 g/mol. The molecule has 3 nitrogen and oxygen atoms in total. The van der Waals surface area contributed by atoms with Gasteiger partial charge in [0.1, 0.15) is 6.07 Å². The second-order valence-electron chi connectivity index (χ2n) is 3.51. The molecule has 3 N–H and O–H groups in total. The van der Waals surface area contributed by atoms with Gasteiger partial charge in [0.25, 0.3) is 0 Å². The average molecular weight is 244 g/mol. The molecule has 0 spiro atoms. The molecule has 0 radical (unpaired) electrons. The van der Waals surface area contributed by atoms with Gasteiger partial charge in [0, 0.05) is 5.02 Å². The van der Waals surface area contributed by atoms with Crippen molar-refractivity contribution >= 4 is 28.7 Å². The van der Waals surface area contributed by atoms with E-state index < -0.39 is 0 Å². The lowest BCUT2D eigenvalue weighted by Gasteiger charge is -2.10. The number of halogens is 1. The normalized spacial score (nSPS) is 9.65. The van der Waals surface area contributed by atoms with Gasteiger partial charge in [-0.25, -0.2) is 0 Å². The molecule has 2 rings (SSSR count). The van der Waals surface area contributed by atoms with Crippen LogP contribution in [0.1, 0.15) is 5.56 Å². The minimum absolute atomic E-state index is 0.547. The van der Waals surface area contributed by atoms with Gasteiger partial charge >= 0.3 is 0 Å². The predicted octanol–water partition coefficient (Wildman–Crippen LogP) is 3.54. The van der Waals surface area contributed by atoms with Crippen LogP contribution in [0.25, 0.3) is 0 Å². The van der Waals surface area contributed by atoms with Gasteiger partial charge in [-0.2, -0.15) is 5.26 Å². The molecule has 0 aliphatic heterocycles. The molecule has 0 atom stereocenters. The van der Waals surface area contributed by atoms with Crippen LogP contribution in [-0.2, 0) is 0 Å². The molecule has 84 valence electrons. The number of benzene rings is 2. The summed E-state index contributed by atoms with van der Waals surface area (Å²) in [5.74, 6) is 0. The number of nitrogen functional groups attached to an aromatic ring is 1. The van der Waals surface area contributed by atoms with E-state index in [0.717, 1.165) is 11.4 Å². The SMILES string of the molecule is N#Cc1ccccc1Nc1ccc(Cl)cc1N. The average Bonchev–Trinajstić information content (AvgIpc) is 2.33. The highest BCUT2D eigenvalue weighted by atomic mass is 35.5. The van der Waals surface area contributed by atoms with E-state index in [0.29, 0.717) is 16.3 Å². The zero-order chi connectivity index (χ0) is 12.3. The van der Waals surface area contributed by atoms with Crippen molar-refractivity contribution in [2.24, 2.45) is 0 Å². The number of nitrogens with one attached hydrogen (secondary N) is 1. The van der Waals surface area contributed by atoms with Gasteiger partial charge in [0.2, 0.25) is 0 Å². The highest BCUT2D eigenvalue weighted by molar-refractivity contribution is 6.31. The smallest absolute Gasteiger partial charge is 0.101 e. The quantitative estimate of drug-likeness (QED) is 0.793. The van der Waals surface area contributed by atoms with Crippen LogP contribution in [0.4, 0.5) is 17.1 Å². The summed E-state index contributed by atoms with van der Waals surface area (Å²) in [6, 6.07) is 14.6. The Labute approximate surface area is 104 Å². The summed E-state index contributed by atoms with van der Waals surface area (Å²) < 4.78 is 0. The molecule has 17 heavy (non-hydrogen) atoms. The molecule has 0 heterocycles. The molecule has 4 heteroatoms. The zero-order valence-corrected chi connectivity index (χ0v) is 9.70. The third-order valence-electron chi connectivity index (χ3n) is 2.33. The van der Waals surface area contributed by atoms with Gasteiger partial charge in [0.15, 0.2) is 0 Å². The number of hydrogen-bond donors (Lipinski definition) is 2. The Balaban J connectivity index is 2.35. The summed E-state index contributed by atoms with van der Waals surface area (Å²) in [7, 11) is 0. The predicted molar refractivity (Wildman–Crippen MR) is 70.3 cm³/mol. The number of nitriles is 1. The maximum atomic E-state index is 8.97. The van der Waals surface area contributed by atoms with Crippen LogP contribution in [0.2, 0.25) is 5.02 Å². The highest BCUT2D eigenvalue weighted by Crippen LogP contribution is 2.27. The largest absolute Gasteiger partial charge is 0.397 e. The zero-order valence-electron chi connectivity index (χ0n) is 8.94. The fourth-order valence-corrected chi connectivity index (χ4v) is 1.66. The molecule has 0 amide bonds. The summed E-state index contributed by atoms with van der Waals surface area (Å²) >= 11 is 5.82. The Morgan fingerprint density at radius 1 is 1.12 bits per heavy atom. The number of nitrogens with two attached hydrogens (primary N) is 1. The van der Waals surface area contributed by atoms with E-state index in [9.17, 15) is 0 Å². The van der Waals surface area contributed by atoms with E-state index in [2.05, 4.69) is 11.4 Å². The third-order valence-corrected chi connectivity index (χ3v) is 2.57. The van der Waals surface area contributed by atoms with Gasteiger partial charge in [-0.3, -0.25) is 0 Å². The van der Waals surface area contributed by atoms with Gasteiger partial charge in [0.05, 0.1) is 22.6 Å². The maximum Gasteiger partial charge on any atom is 0.101 e. The van der Waals surface area contributed by atoms with Crippen molar-refractivity contribution in [3.8, 4) is 6.07 Å². The van der Waals surface area contributed by atoms with Crippen molar-refractivity contribution in [1.29, 1.82) is 5.26 Å². The van der Waals surface area contributed by atoms with E-state index in [1.165, 1.54) is 0 Å². The molecule has 0 bridgehead atoms. The third kappa shape index (κ3) is 2.49. The number of rotatable bonds is 2. The number of hydrogen-bond acceptors (Lipinski definition) is 3. The lowest BCUT2D eigenvalue weighted by atomic mass is 10.2. The van der Waals surface area contributed by atoms with Crippen LogP contribution in [0.3, 0.4) is 0 Å². The Bertz CT molecular complexity index is 587. The first-order valence-electron chi connectivity index (χ1n) is 5.02. The highest BCUT2D eigenvalue weighted by Gasteiger charge is 2.04. The standard InChI is InChI=1S/C13H10ClN3/c14-10-5-6-13(11(16)7-10)17-12-4-2-1-3-9(12)8-15/h1-7,17H,16H2. The number of para-hydroxylation sites is 1. The molecule has 0 aliphatic carbocycles. The lowest BCUT2D eigenvalue weighted by molar-refractivity contribution is 1.46. The Hall–Kier alpha value is -2.18. The van der Waals surface area contributed by atoms with E-state index in [4.69, 9.17) is 22.6 Å². The van der Waals surface area contributed by atoms with E-state index in [1.807, 2.05) is 18.2 Å². The van der Waals surface area contributed by atoms with Crippen molar-refractivity contribution < 1.29 is 0 Å². The van der Waals surface area contributed by atoms with Crippen LogP contribution in [0.15, 0.2) is 42.5 Å². The molecule has 0 fully saturated rings. The summed E-state index contributed by atoms with van der Waals surface area (Å²) in [6.45, 7) is 0. The molecule has 0 unspecified atom stereocenters. The Kier molecular flexibility index (Phi) is 3.17. The van der Waals surface area contributed by atoms with Crippen LogP contribution in [-0.4, -0.2) is 0 Å². The van der Waals surface area contributed by atoms with Gasteiger partial charge in [-0.15, -0.1) is 0 Å². The fraction of sp³-hybridized carbons (Fsp3) is 0. The second-order valence-corrected chi connectivity index (χ2v) is 3.95. The van der Waals surface area contributed by atoms with Crippen LogP contribution >= 0.6 is 11.6 Å². The van der Waals surface area contributed by atoms with Crippen molar-refractivity contribution in [2.75, 3.05) is 11.1 Å². The molecule has 2 aromatic rings. The van der Waals surface area contributed by atoms with E-state index in [1.54, 1.807) is 24.3 Å². The lowest BCUT2D eigenvalue weighted by Crippen LogP contribution is -1.97. The first-order valence-corrected chi connectivity index (χ1v) is 5.39. The minimum atomic E-state index is 0.547. The van der Waals surface area contributed by atoms with Crippen molar-refractivity contribution in [1.82, 2.24) is 0 Å². The maximum absolute atomic E-state index is 8.97. The molecule has 2 aromatic carbocycles. The first-order chi connectivity index (χ1) is 8.20. The second kappa shape index (κ2) is 4.77. The molecule has 0 saturated heterocycles. The van der Waals surface area contributed by atoms with Gasteiger partial charge < -0.3 is 11.1 Å². The topological polar surface area (TPSA) is 61.8 Å². The number of anilines is 3. The summed E-state index contributed by atoms with van der Waals surface area (Å²) in [5, 5.41) is 12.7. The van der Waals surface area contributed by atoms with Crippen LogP contribution in [0.5, 0.6) is 0 Å². The first kappa shape index (κ1) is 11.3. The minimum Gasteiger partial charge on any atom is -0.397 e. The number of nitrogens with zero attached hydrogens (tertiary/aromatic N) is 1. The van der Waals surface area contributed by atoms with Crippen LogP contribution in [0, 0.1) is 11.3 Å². The fourth-order valence-electron chi connectivity index (χ4n) is 1.48. The summed E-state index contributed by atoms with van der Waals surface area (Å²) in [5.41, 5.74) is 8.41. The monoisotopic (exact) mass is 243 g/mol. The van der Waals surface area contributed by atoms with Crippen molar-refractivity contribution in [3.05, 3.63) is 53.1 Å². The summed E-state index contributed by atoms with van der Waals surface area (Å²) in [4.78, 5) is 0. The van der Waals surface area contributed by atoms with E-state index >= 15 is 0 Å².